The van der Waals surface area contributed by atoms with Gasteiger partial charge in [-0.1, -0.05) is 6.07 Å². The summed E-state index contributed by atoms with van der Waals surface area (Å²) in [7, 11) is -4.26. The Balaban J connectivity index is 3.19. The average Bonchev–Trinajstić information content (AvgIpc) is 2.28. The van der Waals surface area contributed by atoms with Crippen LogP contribution in [0.2, 0.25) is 0 Å². The quantitative estimate of drug-likeness (QED) is 0.442. The maximum atomic E-state index is 13.5. The van der Waals surface area contributed by atoms with Crippen molar-refractivity contribution < 1.29 is 17.7 Å². The van der Waals surface area contributed by atoms with Crippen LogP contribution in [0.4, 0.5) is 10.1 Å². The molecule has 7 nitrogen and oxygen atoms in total. The van der Waals surface area contributed by atoms with Gasteiger partial charge < -0.3 is 5.73 Å². The van der Waals surface area contributed by atoms with Gasteiger partial charge in [-0.05, 0) is 19.0 Å². The van der Waals surface area contributed by atoms with Crippen LogP contribution in [-0.4, -0.2) is 26.4 Å². The molecule has 0 aromatic heterocycles. The number of hydrogen-bond donors (Lipinski definition) is 2. The van der Waals surface area contributed by atoms with E-state index >= 15 is 0 Å². The molecule has 0 radical (unpaired) electrons. The standard InChI is InChI=1S/C9H12FN3O4S/c10-7-3-1-4-8(13(14)15)9(7)18(16,17)12-6-2-5-11/h1,3-4,12H,2,5-6,11H2. The summed E-state index contributed by atoms with van der Waals surface area (Å²) in [6, 6.07) is 2.86. The molecule has 0 aliphatic carbocycles. The fourth-order valence-corrected chi connectivity index (χ4v) is 2.59. The van der Waals surface area contributed by atoms with Crippen LogP contribution < -0.4 is 10.5 Å². The second-order valence-electron chi connectivity index (χ2n) is 3.39. The molecule has 0 atom stereocenters. The lowest BCUT2D eigenvalue weighted by atomic mass is 10.3. The third-order valence-corrected chi connectivity index (χ3v) is 3.61. The minimum atomic E-state index is -4.26. The van der Waals surface area contributed by atoms with Crippen molar-refractivity contribution in [3.63, 3.8) is 0 Å². The minimum absolute atomic E-state index is 0.00960. The number of nitrogens with zero attached hydrogens (tertiary/aromatic N) is 1. The van der Waals surface area contributed by atoms with E-state index < -0.39 is 31.3 Å². The fraction of sp³-hybridized carbons (Fsp3) is 0.333. The van der Waals surface area contributed by atoms with Crippen molar-refractivity contribution in [1.82, 2.24) is 4.72 Å². The third-order valence-electron chi connectivity index (χ3n) is 2.08. The Kier molecular flexibility index (Phi) is 4.70. The summed E-state index contributed by atoms with van der Waals surface area (Å²) in [4.78, 5) is 8.78. The Morgan fingerprint density at radius 1 is 1.44 bits per heavy atom. The highest BCUT2D eigenvalue weighted by Gasteiger charge is 2.29. The van der Waals surface area contributed by atoms with Crippen LogP contribution in [0.1, 0.15) is 6.42 Å². The van der Waals surface area contributed by atoms with Gasteiger partial charge in [0.25, 0.3) is 5.69 Å². The van der Waals surface area contributed by atoms with E-state index in [1.807, 2.05) is 0 Å². The molecule has 9 heteroatoms. The molecule has 0 aliphatic rings. The molecule has 0 saturated carbocycles. The monoisotopic (exact) mass is 277 g/mol. The van der Waals surface area contributed by atoms with E-state index in [0.717, 1.165) is 18.2 Å². The lowest BCUT2D eigenvalue weighted by molar-refractivity contribution is -0.388. The molecule has 3 N–H and O–H groups in total. The molecule has 0 aliphatic heterocycles. The van der Waals surface area contributed by atoms with Crippen molar-refractivity contribution in [3.8, 4) is 0 Å². The van der Waals surface area contributed by atoms with Crippen LogP contribution >= 0.6 is 0 Å². The van der Waals surface area contributed by atoms with Gasteiger partial charge >= 0.3 is 0 Å². The highest BCUT2D eigenvalue weighted by molar-refractivity contribution is 7.89. The number of rotatable bonds is 6. The van der Waals surface area contributed by atoms with Gasteiger partial charge in [0.05, 0.1) is 4.92 Å². The molecule has 1 aromatic carbocycles. The average molecular weight is 277 g/mol. The van der Waals surface area contributed by atoms with Crippen molar-refractivity contribution in [3.05, 3.63) is 34.1 Å². The van der Waals surface area contributed by atoms with Crippen LogP contribution in [0.25, 0.3) is 0 Å². The van der Waals surface area contributed by atoms with Crippen LogP contribution in [0.3, 0.4) is 0 Å². The van der Waals surface area contributed by atoms with Crippen molar-refractivity contribution in [2.75, 3.05) is 13.1 Å². The lowest BCUT2D eigenvalue weighted by Gasteiger charge is -2.07. The highest BCUT2D eigenvalue weighted by atomic mass is 32.2. The summed E-state index contributed by atoms with van der Waals surface area (Å²) in [5.41, 5.74) is 4.39. The van der Waals surface area contributed by atoms with E-state index in [1.54, 1.807) is 0 Å². The van der Waals surface area contributed by atoms with Crippen molar-refractivity contribution in [1.29, 1.82) is 0 Å². The molecule has 0 heterocycles. The zero-order valence-corrected chi connectivity index (χ0v) is 10.1. The maximum Gasteiger partial charge on any atom is 0.292 e. The number of nitrogens with one attached hydrogen (secondary N) is 1. The summed E-state index contributed by atoms with van der Waals surface area (Å²) in [5.74, 6) is -1.16. The lowest BCUT2D eigenvalue weighted by Crippen LogP contribution is -2.27. The molecule has 18 heavy (non-hydrogen) atoms. The highest BCUT2D eigenvalue weighted by Crippen LogP contribution is 2.25. The maximum absolute atomic E-state index is 13.5. The first-order chi connectivity index (χ1) is 8.40. The zero-order chi connectivity index (χ0) is 13.8. The Morgan fingerprint density at radius 2 is 2.11 bits per heavy atom. The smallest absolute Gasteiger partial charge is 0.292 e. The summed E-state index contributed by atoms with van der Waals surface area (Å²) in [5, 5.41) is 10.7. The Labute approximate surface area is 103 Å². The van der Waals surface area contributed by atoms with Crippen LogP contribution in [0, 0.1) is 15.9 Å². The van der Waals surface area contributed by atoms with E-state index in [9.17, 15) is 22.9 Å². The molecule has 0 unspecified atom stereocenters. The van der Waals surface area contributed by atoms with E-state index in [1.165, 1.54) is 0 Å². The van der Waals surface area contributed by atoms with E-state index in [-0.39, 0.29) is 13.1 Å². The summed E-state index contributed by atoms with van der Waals surface area (Å²) in [6.07, 6.45) is 0.349. The fourth-order valence-electron chi connectivity index (χ4n) is 1.29. The number of sulfonamides is 1. The number of benzene rings is 1. The molecule has 0 amide bonds. The molecule has 1 aromatic rings. The molecule has 0 saturated heterocycles. The number of hydrogen-bond acceptors (Lipinski definition) is 5. The number of nitrogens with two attached hydrogens (primary N) is 1. The predicted octanol–water partition coefficient (Wildman–Crippen LogP) is 0.361. The molecular formula is C9H12FN3O4S. The van der Waals surface area contributed by atoms with Crippen LogP contribution in [0.15, 0.2) is 23.1 Å². The van der Waals surface area contributed by atoms with Crippen LogP contribution in [-0.2, 0) is 10.0 Å². The predicted molar refractivity (Wildman–Crippen MR) is 61.9 cm³/mol. The second-order valence-corrected chi connectivity index (χ2v) is 5.09. The summed E-state index contributed by atoms with van der Waals surface area (Å²) >= 11 is 0. The Hall–Kier alpha value is -1.58. The molecule has 0 bridgehead atoms. The first kappa shape index (κ1) is 14.5. The van der Waals surface area contributed by atoms with Gasteiger partial charge in [-0.3, -0.25) is 10.1 Å². The van der Waals surface area contributed by atoms with Crippen molar-refractivity contribution >= 4 is 15.7 Å². The van der Waals surface area contributed by atoms with Crippen molar-refractivity contribution in [2.24, 2.45) is 5.73 Å². The minimum Gasteiger partial charge on any atom is -0.330 e. The summed E-state index contributed by atoms with van der Waals surface area (Å²) < 4.78 is 39.0. The Bertz CT molecular complexity index is 547. The van der Waals surface area contributed by atoms with Gasteiger partial charge in [0, 0.05) is 12.6 Å². The third kappa shape index (κ3) is 3.22. The van der Waals surface area contributed by atoms with E-state index in [0.29, 0.717) is 6.42 Å². The zero-order valence-electron chi connectivity index (χ0n) is 9.30. The van der Waals surface area contributed by atoms with Crippen molar-refractivity contribution in [2.45, 2.75) is 11.3 Å². The van der Waals surface area contributed by atoms with Crippen LogP contribution in [0.5, 0.6) is 0 Å². The largest absolute Gasteiger partial charge is 0.330 e. The number of nitro groups is 1. The molecule has 1 rings (SSSR count). The summed E-state index contributed by atoms with van der Waals surface area (Å²) in [6.45, 7) is 0.242. The van der Waals surface area contributed by atoms with Gasteiger partial charge in [-0.15, -0.1) is 0 Å². The van der Waals surface area contributed by atoms with Gasteiger partial charge in [-0.2, -0.15) is 0 Å². The second kappa shape index (κ2) is 5.85. The number of nitro benzene ring substituents is 1. The van der Waals surface area contributed by atoms with Gasteiger partial charge in [0.1, 0.15) is 5.82 Å². The molecular weight excluding hydrogens is 265 g/mol. The topological polar surface area (TPSA) is 115 Å². The number of halogens is 1. The van der Waals surface area contributed by atoms with Gasteiger partial charge in [-0.25, -0.2) is 17.5 Å². The SMILES string of the molecule is NCCCNS(=O)(=O)c1c(F)cccc1[N+](=O)[O-]. The van der Waals surface area contributed by atoms with E-state index in [2.05, 4.69) is 4.72 Å². The van der Waals surface area contributed by atoms with E-state index in [4.69, 9.17) is 5.73 Å². The normalized spacial score (nSPS) is 11.4. The Morgan fingerprint density at radius 3 is 2.67 bits per heavy atom. The molecule has 100 valence electrons. The van der Waals surface area contributed by atoms with Gasteiger partial charge in [0.15, 0.2) is 4.90 Å². The van der Waals surface area contributed by atoms with Gasteiger partial charge in [0.2, 0.25) is 10.0 Å². The first-order valence-corrected chi connectivity index (χ1v) is 6.51. The molecule has 0 fully saturated rings. The first-order valence-electron chi connectivity index (χ1n) is 5.03. The molecule has 0 spiro atoms.